The largest absolute Gasteiger partial charge is 0.319 e. The molecule has 0 bridgehead atoms. The van der Waals surface area contributed by atoms with E-state index in [0.717, 1.165) is 24.7 Å². The first-order chi connectivity index (χ1) is 9.86. The maximum Gasteiger partial charge on any atom is 0.0649 e. The number of benzene rings is 1. The molecule has 0 radical (unpaired) electrons. The van der Waals surface area contributed by atoms with Gasteiger partial charge in [-0.2, -0.15) is 5.10 Å². The quantitative estimate of drug-likeness (QED) is 0.901. The second-order valence-electron chi connectivity index (χ2n) is 5.52. The van der Waals surface area contributed by atoms with Gasteiger partial charge < -0.3 is 5.32 Å². The van der Waals surface area contributed by atoms with E-state index >= 15 is 0 Å². The summed E-state index contributed by atoms with van der Waals surface area (Å²) < 4.78 is 2.05. The summed E-state index contributed by atoms with van der Waals surface area (Å²) in [4.78, 5) is 2.53. The number of aromatic nitrogens is 2. The van der Waals surface area contributed by atoms with Crippen LogP contribution in [0.4, 0.5) is 0 Å². The lowest BCUT2D eigenvalue weighted by atomic mass is 10.1. The Labute approximate surface area is 120 Å². The van der Waals surface area contributed by atoms with Crippen LogP contribution < -0.4 is 5.32 Å². The molecule has 1 aliphatic rings. The number of rotatable bonds is 5. The van der Waals surface area contributed by atoms with Crippen LogP contribution in [0.15, 0.2) is 42.6 Å². The van der Waals surface area contributed by atoms with Crippen LogP contribution in [-0.4, -0.2) is 41.4 Å². The minimum Gasteiger partial charge on any atom is -0.319 e. The monoisotopic (exact) mass is 270 g/mol. The summed E-state index contributed by atoms with van der Waals surface area (Å²) in [5.41, 5.74) is 2.40. The van der Waals surface area contributed by atoms with E-state index in [1.807, 2.05) is 24.0 Å². The molecule has 1 aromatic carbocycles. The first-order valence-corrected chi connectivity index (χ1v) is 7.32. The van der Waals surface area contributed by atoms with Gasteiger partial charge in [0.15, 0.2) is 0 Å². The molecule has 4 nitrogen and oxygen atoms in total. The minimum absolute atomic E-state index is 0.785. The Hall–Kier alpha value is -1.65. The average molecular weight is 270 g/mol. The van der Waals surface area contributed by atoms with E-state index in [4.69, 9.17) is 0 Å². The van der Waals surface area contributed by atoms with E-state index in [2.05, 4.69) is 45.6 Å². The molecule has 1 saturated heterocycles. The fourth-order valence-corrected chi connectivity index (χ4v) is 2.99. The Morgan fingerprint density at radius 1 is 1.25 bits per heavy atom. The molecule has 106 valence electrons. The first kappa shape index (κ1) is 13.3. The molecule has 0 saturated carbocycles. The van der Waals surface area contributed by atoms with Gasteiger partial charge in [-0.3, -0.25) is 4.90 Å². The fourth-order valence-electron chi connectivity index (χ4n) is 2.99. The molecular formula is C16H22N4. The Kier molecular flexibility index (Phi) is 4.14. The van der Waals surface area contributed by atoms with E-state index in [1.165, 1.54) is 25.2 Å². The van der Waals surface area contributed by atoms with E-state index in [0.29, 0.717) is 0 Å². The third kappa shape index (κ3) is 2.92. The molecule has 1 fully saturated rings. The minimum atomic E-state index is 0.785. The molecule has 3 rings (SSSR count). The molecule has 0 spiro atoms. The molecular weight excluding hydrogens is 248 g/mol. The Balaban J connectivity index is 1.69. The number of nitrogens with zero attached hydrogens (tertiary/aromatic N) is 3. The second-order valence-corrected chi connectivity index (χ2v) is 5.52. The molecule has 1 aromatic heterocycles. The number of hydrogen-bond acceptors (Lipinski definition) is 3. The second kappa shape index (κ2) is 6.20. The van der Waals surface area contributed by atoms with Crippen LogP contribution in [0, 0.1) is 5.92 Å². The van der Waals surface area contributed by atoms with Gasteiger partial charge in [0.1, 0.15) is 0 Å². The zero-order valence-electron chi connectivity index (χ0n) is 12.0. The summed E-state index contributed by atoms with van der Waals surface area (Å²) in [5.74, 6) is 0.785. The van der Waals surface area contributed by atoms with Crippen molar-refractivity contribution >= 4 is 0 Å². The predicted molar refractivity (Wildman–Crippen MR) is 80.9 cm³/mol. The Bertz CT molecular complexity index is 534. The molecule has 1 N–H and O–H groups in total. The SMILES string of the molecule is CNCC1CCN(Cc2ccnn2-c2ccccc2)C1. The topological polar surface area (TPSA) is 33.1 Å². The molecule has 20 heavy (non-hydrogen) atoms. The highest BCUT2D eigenvalue weighted by molar-refractivity contribution is 5.32. The van der Waals surface area contributed by atoms with Crippen molar-refractivity contribution in [2.45, 2.75) is 13.0 Å². The van der Waals surface area contributed by atoms with E-state index < -0.39 is 0 Å². The maximum atomic E-state index is 4.46. The van der Waals surface area contributed by atoms with Gasteiger partial charge in [0.05, 0.1) is 11.4 Å². The number of nitrogens with one attached hydrogen (secondary N) is 1. The molecule has 1 unspecified atom stereocenters. The van der Waals surface area contributed by atoms with Crippen molar-refractivity contribution in [1.29, 1.82) is 0 Å². The highest BCUT2D eigenvalue weighted by atomic mass is 15.3. The van der Waals surface area contributed by atoms with Crippen LogP contribution in [0.1, 0.15) is 12.1 Å². The van der Waals surface area contributed by atoms with Crippen molar-refractivity contribution < 1.29 is 0 Å². The van der Waals surface area contributed by atoms with Gasteiger partial charge in [-0.1, -0.05) is 18.2 Å². The third-order valence-electron chi connectivity index (χ3n) is 3.97. The van der Waals surface area contributed by atoms with E-state index in [1.54, 1.807) is 0 Å². The lowest BCUT2D eigenvalue weighted by Crippen LogP contribution is -2.25. The van der Waals surface area contributed by atoms with Crippen LogP contribution in [-0.2, 0) is 6.54 Å². The number of para-hydroxylation sites is 1. The first-order valence-electron chi connectivity index (χ1n) is 7.32. The van der Waals surface area contributed by atoms with Crippen LogP contribution in [0.2, 0.25) is 0 Å². The normalized spacial score (nSPS) is 19.6. The highest BCUT2D eigenvalue weighted by Crippen LogP contribution is 2.19. The van der Waals surface area contributed by atoms with Gasteiger partial charge >= 0.3 is 0 Å². The zero-order chi connectivity index (χ0) is 13.8. The highest BCUT2D eigenvalue weighted by Gasteiger charge is 2.22. The van der Waals surface area contributed by atoms with E-state index in [-0.39, 0.29) is 0 Å². The summed E-state index contributed by atoms with van der Waals surface area (Å²) in [6.07, 6.45) is 3.18. The summed E-state index contributed by atoms with van der Waals surface area (Å²) in [7, 11) is 2.03. The van der Waals surface area contributed by atoms with Crippen LogP contribution in [0.3, 0.4) is 0 Å². The van der Waals surface area contributed by atoms with Crippen molar-refractivity contribution in [3.63, 3.8) is 0 Å². The predicted octanol–water partition coefficient (Wildman–Crippen LogP) is 1.91. The smallest absolute Gasteiger partial charge is 0.0649 e. The van der Waals surface area contributed by atoms with Gasteiger partial charge in [0.2, 0.25) is 0 Å². The lowest BCUT2D eigenvalue weighted by Gasteiger charge is -2.17. The molecule has 1 aliphatic heterocycles. The molecule has 1 atom stereocenters. The average Bonchev–Trinajstić information content (AvgIpc) is 3.10. The molecule has 0 aliphatic carbocycles. The van der Waals surface area contributed by atoms with E-state index in [9.17, 15) is 0 Å². The molecule has 0 amide bonds. The Morgan fingerprint density at radius 2 is 2.10 bits per heavy atom. The van der Waals surface area contributed by atoms with Gasteiger partial charge in [-0.15, -0.1) is 0 Å². The fraction of sp³-hybridized carbons (Fsp3) is 0.438. The Morgan fingerprint density at radius 3 is 2.90 bits per heavy atom. The number of likely N-dealkylation sites (tertiary alicyclic amines) is 1. The zero-order valence-corrected chi connectivity index (χ0v) is 12.0. The van der Waals surface area contributed by atoms with Crippen molar-refractivity contribution in [3.05, 3.63) is 48.3 Å². The summed E-state index contributed by atoms with van der Waals surface area (Å²) in [6, 6.07) is 12.5. The molecule has 2 heterocycles. The van der Waals surface area contributed by atoms with Crippen molar-refractivity contribution in [3.8, 4) is 5.69 Å². The van der Waals surface area contributed by atoms with Crippen molar-refractivity contribution in [2.75, 3.05) is 26.7 Å². The summed E-state index contributed by atoms with van der Waals surface area (Å²) in [6.45, 7) is 4.47. The van der Waals surface area contributed by atoms with Gasteiger partial charge in [-0.25, -0.2) is 4.68 Å². The molecule has 4 heteroatoms. The van der Waals surface area contributed by atoms with Crippen LogP contribution in [0.5, 0.6) is 0 Å². The molecule has 2 aromatic rings. The third-order valence-corrected chi connectivity index (χ3v) is 3.97. The van der Waals surface area contributed by atoms with Gasteiger partial charge in [-0.05, 0) is 50.7 Å². The maximum absolute atomic E-state index is 4.46. The van der Waals surface area contributed by atoms with Crippen LogP contribution >= 0.6 is 0 Å². The summed E-state index contributed by atoms with van der Waals surface area (Å²) in [5, 5.41) is 7.74. The van der Waals surface area contributed by atoms with Crippen molar-refractivity contribution in [1.82, 2.24) is 20.0 Å². The van der Waals surface area contributed by atoms with Gasteiger partial charge in [0.25, 0.3) is 0 Å². The van der Waals surface area contributed by atoms with Crippen LogP contribution in [0.25, 0.3) is 5.69 Å². The lowest BCUT2D eigenvalue weighted by molar-refractivity contribution is 0.308. The van der Waals surface area contributed by atoms with Crippen molar-refractivity contribution in [2.24, 2.45) is 5.92 Å². The van der Waals surface area contributed by atoms with Gasteiger partial charge in [0, 0.05) is 19.3 Å². The summed E-state index contributed by atoms with van der Waals surface area (Å²) >= 11 is 0. The number of hydrogen-bond donors (Lipinski definition) is 1. The standard InChI is InChI=1S/C16H22N4/c1-17-11-14-8-10-19(12-14)13-16-7-9-18-20(16)15-5-3-2-4-6-15/h2-7,9,14,17H,8,10-13H2,1H3.